The quantitative estimate of drug-likeness (QED) is 0.681. The molecule has 0 saturated carbocycles. The summed E-state index contributed by atoms with van der Waals surface area (Å²) in [5.41, 5.74) is 3.65. The van der Waals surface area contributed by atoms with Crippen LogP contribution in [0.25, 0.3) is 0 Å². The summed E-state index contributed by atoms with van der Waals surface area (Å²) < 4.78 is 10.9. The molecule has 0 aliphatic carbocycles. The molecular weight excluding hydrogens is 314 g/mol. The Morgan fingerprint density at radius 1 is 1.04 bits per heavy atom. The molecule has 0 aliphatic rings. The van der Waals surface area contributed by atoms with E-state index in [1.165, 1.54) is 11.1 Å². The Morgan fingerprint density at radius 3 is 2.48 bits per heavy atom. The predicted octanol–water partition coefficient (Wildman–Crippen LogP) is 3.02. The molecular formula is C21H29NO3. The van der Waals surface area contributed by atoms with Crippen LogP contribution in [0.1, 0.15) is 16.7 Å². The van der Waals surface area contributed by atoms with Gasteiger partial charge in [-0.3, -0.25) is 4.90 Å². The maximum absolute atomic E-state index is 10.3. The molecule has 1 N–H and O–H groups in total. The second kappa shape index (κ2) is 11.0. The van der Waals surface area contributed by atoms with Gasteiger partial charge in [-0.2, -0.15) is 0 Å². The molecule has 0 aromatic heterocycles. The van der Waals surface area contributed by atoms with E-state index >= 15 is 0 Å². The number of benzene rings is 2. The molecule has 4 heteroatoms. The van der Waals surface area contributed by atoms with E-state index < -0.39 is 6.10 Å². The molecule has 0 unspecified atom stereocenters. The highest BCUT2D eigenvalue weighted by atomic mass is 16.5. The van der Waals surface area contributed by atoms with Gasteiger partial charge in [-0.1, -0.05) is 54.6 Å². The second-order valence-corrected chi connectivity index (χ2v) is 6.31. The first-order valence-corrected chi connectivity index (χ1v) is 8.74. The number of aliphatic hydroxyl groups is 1. The van der Waals surface area contributed by atoms with Gasteiger partial charge in [0.25, 0.3) is 0 Å². The summed E-state index contributed by atoms with van der Waals surface area (Å²) >= 11 is 0. The lowest BCUT2D eigenvalue weighted by Gasteiger charge is -2.25. The first-order chi connectivity index (χ1) is 12.2. The fourth-order valence-electron chi connectivity index (χ4n) is 2.72. The molecule has 4 nitrogen and oxygen atoms in total. The Bertz CT molecular complexity index is 603. The summed E-state index contributed by atoms with van der Waals surface area (Å²) in [6.07, 6.45) is -0.524. The van der Waals surface area contributed by atoms with Crippen molar-refractivity contribution in [1.29, 1.82) is 0 Å². The molecule has 0 aliphatic heterocycles. The van der Waals surface area contributed by atoms with Crippen LogP contribution in [-0.4, -0.2) is 49.5 Å². The van der Waals surface area contributed by atoms with E-state index in [9.17, 15) is 5.11 Å². The molecule has 0 spiro atoms. The van der Waals surface area contributed by atoms with Crippen molar-refractivity contribution < 1.29 is 14.6 Å². The molecule has 0 amide bonds. The van der Waals surface area contributed by atoms with Crippen LogP contribution in [0.2, 0.25) is 0 Å². The highest BCUT2D eigenvalue weighted by Crippen LogP contribution is 2.11. The van der Waals surface area contributed by atoms with Crippen molar-refractivity contribution in [3.05, 3.63) is 71.3 Å². The van der Waals surface area contributed by atoms with Crippen LogP contribution >= 0.6 is 0 Å². The first-order valence-electron chi connectivity index (χ1n) is 8.74. The van der Waals surface area contributed by atoms with Crippen LogP contribution in [0.3, 0.4) is 0 Å². The van der Waals surface area contributed by atoms with Gasteiger partial charge in [-0.15, -0.1) is 0 Å². The number of ether oxygens (including phenoxy) is 2. The van der Waals surface area contributed by atoms with Crippen LogP contribution in [0.5, 0.6) is 0 Å². The third-order valence-electron chi connectivity index (χ3n) is 4.16. The van der Waals surface area contributed by atoms with E-state index in [1.807, 2.05) is 36.4 Å². The smallest absolute Gasteiger partial charge is 0.0900 e. The monoisotopic (exact) mass is 343 g/mol. The van der Waals surface area contributed by atoms with Crippen molar-refractivity contribution in [2.75, 3.05) is 33.4 Å². The topological polar surface area (TPSA) is 41.9 Å². The third kappa shape index (κ3) is 7.36. The van der Waals surface area contributed by atoms with Crippen LogP contribution in [0.4, 0.5) is 0 Å². The first kappa shape index (κ1) is 19.6. The zero-order valence-electron chi connectivity index (χ0n) is 15.2. The largest absolute Gasteiger partial charge is 0.389 e. The van der Waals surface area contributed by atoms with Crippen molar-refractivity contribution in [2.45, 2.75) is 26.2 Å². The summed E-state index contributed by atoms with van der Waals surface area (Å²) in [4.78, 5) is 2.21. The van der Waals surface area contributed by atoms with Gasteiger partial charge in [0.1, 0.15) is 0 Å². The molecule has 1 atom stereocenters. The van der Waals surface area contributed by atoms with Crippen molar-refractivity contribution in [3.8, 4) is 0 Å². The Hall–Kier alpha value is -1.72. The fraction of sp³-hybridized carbons (Fsp3) is 0.429. The van der Waals surface area contributed by atoms with Gasteiger partial charge >= 0.3 is 0 Å². The molecule has 2 aromatic carbocycles. The average Bonchev–Trinajstić information content (AvgIpc) is 2.62. The van der Waals surface area contributed by atoms with E-state index in [0.717, 1.165) is 18.7 Å². The zero-order chi connectivity index (χ0) is 17.9. The van der Waals surface area contributed by atoms with Gasteiger partial charge in [-0.05, 0) is 23.6 Å². The summed E-state index contributed by atoms with van der Waals surface area (Å²) in [7, 11) is 1.70. The maximum atomic E-state index is 10.3. The molecule has 0 radical (unpaired) electrons. The molecule has 2 rings (SSSR count). The number of aryl methyl sites for hydroxylation is 1. The zero-order valence-corrected chi connectivity index (χ0v) is 15.2. The summed E-state index contributed by atoms with van der Waals surface area (Å²) in [6.45, 7) is 5.74. The van der Waals surface area contributed by atoms with Crippen molar-refractivity contribution in [2.24, 2.45) is 0 Å². The number of methoxy groups -OCH3 is 1. The Morgan fingerprint density at radius 2 is 1.76 bits per heavy atom. The minimum Gasteiger partial charge on any atom is -0.389 e. The van der Waals surface area contributed by atoms with Crippen molar-refractivity contribution in [3.63, 3.8) is 0 Å². The van der Waals surface area contributed by atoms with Crippen LogP contribution in [0, 0.1) is 6.92 Å². The van der Waals surface area contributed by atoms with Gasteiger partial charge in [0.15, 0.2) is 0 Å². The number of nitrogens with zero attached hydrogens (tertiary/aromatic N) is 1. The van der Waals surface area contributed by atoms with E-state index in [2.05, 4.69) is 30.0 Å². The SMILES string of the molecule is COCCN(Cc1ccccc1C)C[C@H](O)COCc1ccccc1. The highest BCUT2D eigenvalue weighted by molar-refractivity contribution is 5.25. The lowest BCUT2D eigenvalue weighted by molar-refractivity contribution is 0.00476. The van der Waals surface area contributed by atoms with Crippen LogP contribution < -0.4 is 0 Å². The lowest BCUT2D eigenvalue weighted by atomic mass is 10.1. The Labute approximate surface area is 151 Å². The predicted molar refractivity (Wildman–Crippen MR) is 100 cm³/mol. The molecule has 2 aromatic rings. The molecule has 0 fully saturated rings. The summed E-state index contributed by atoms with van der Waals surface area (Å²) in [5, 5.41) is 10.3. The second-order valence-electron chi connectivity index (χ2n) is 6.31. The maximum Gasteiger partial charge on any atom is 0.0900 e. The lowest BCUT2D eigenvalue weighted by Crippen LogP contribution is -2.36. The summed E-state index contributed by atoms with van der Waals surface area (Å²) in [6, 6.07) is 18.4. The van der Waals surface area contributed by atoms with Crippen LogP contribution in [0.15, 0.2) is 54.6 Å². The van der Waals surface area contributed by atoms with Crippen LogP contribution in [-0.2, 0) is 22.6 Å². The summed E-state index contributed by atoms with van der Waals surface area (Å²) in [5.74, 6) is 0. The highest BCUT2D eigenvalue weighted by Gasteiger charge is 2.13. The normalized spacial score (nSPS) is 12.5. The molecule has 0 heterocycles. The van der Waals surface area contributed by atoms with Crippen molar-refractivity contribution in [1.82, 2.24) is 4.90 Å². The Balaban J connectivity index is 1.82. The number of hydrogen-bond acceptors (Lipinski definition) is 4. The van der Waals surface area contributed by atoms with E-state index in [-0.39, 0.29) is 0 Å². The van der Waals surface area contributed by atoms with Crippen molar-refractivity contribution >= 4 is 0 Å². The van der Waals surface area contributed by atoms with E-state index in [4.69, 9.17) is 9.47 Å². The number of rotatable bonds is 11. The number of aliphatic hydroxyl groups excluding tert-OH is 1. The van der Waals surface area contributed by atoms with E-state index in [1.54, 1.807) is 7.11 Å². The molecule has 0 saturated heterocycles. The average molecular weight is 343 g/mol. The third-order valence-corrected chi connectivity index (χ3v) is 4.16. The number of hydrogen-bond donors (Lipinski definition) is 1. The minimum atomic E-state index is -0.524. The van der Waals surface area contributed by atoms with Gasteiger partial charge < -0.3 is 14.6 Å². The van der Waals surface area contributed by atoms with Gasteiger partial charge in [0.2, 0.25) is 0 Å². The fourth-order valence-corrected chi connectivity index (χ4v) is 2.72. The van der Waals surface area contributed by atoms with Gasteiger partial charge in [0, 0.05) is 26.7 Å². The molecule has 0 bridgehead atoms. The van der Waals surface area contributed by atoms with E-state index in [0.29, 0.717) is 26.4 Å². The standard InChI is InChI=1S/C21H29NO3/c1-18-8-6-7-11-20(18)14-22(12-13-24-2)15-21(23)17-25-16-19-9-4-3-5-10-19/h3-11,21,23H,12-17H2,1-2H3/t21-/m0/s1. The van der Waals surface area contributed by atoms with Gasteiger partial charge in [0.05, 0.1) is 25.9 Å². The molecule has 25 heavy (non-hydrogen) atoms. The minimum absolute atomic E-state index is 0.326. The molecule has 136 valence electrons. The Kier molecular flexibility index (Phi) is 8.63. The van der Waals surface area contributed by atoms with Gasteiger partial charge in [-0.25, -0.2) is 0 Å².